The number of hydrogen-bond donors (Lipinski definition) is 1. The summed E-state index contributed by atoms with van der Waals surface area (Å²) in [4.78, 5) is 23.1. The van der Waals surface area contributed by atoms with Gasteiger partial charge in [0.25, 0.3) is 5.56 Å². The molecule has 17 heavy (non-hydrogen) atoms. The lowest BCUT2D eigenvalue weighted by atomic mass is 10.5. The number of nitrogens with one attached hydrogen (secondary N) is 1. The van der Waals surface area contributed by atoms with Gasteiger partial charge in [-0.15, -0.1) is 0 Å². The summed E-state index contributed by atoms with van der Waals surface area (Å²) in [6.45, 7) is 0.341. The zero-order valence-electron chi connectivity index (χ0n) is 10.4. The Labute approximate surface area is 98.6 Å². The van der Waals surface area contributed by atoms with Crippen LogP contribution in [-0.2, 0) is 23.6 Å². The van der Waals surface area contributed by atoms with Gasteiger partial charge in [-0.25, -0.2) is 4.79 Å². The van der Waals surface area contributed by atoms with Crippen molar-refractivity contribution in [2.24, 2.45) is 14.1 Å². The third-order valence-corrected chi connectivity index (χ3v) is 2.50. The lowest BCUT2D eigenvalue weighted by Crippen LogP contribution is -2.38. The molecule has 0 fully saturated rings. The predicted octanol–water partition coefficient (Wildman–Crippen LogP) is -0.885. The highest BCUT2D eigenvalue weighted by Gasteiger charge is 2.08. The molecule has 96 valence electrons. The standard InChI is InChI=1S/C10H17N3O4/c1-12-7(11-6-9(16-3)17-4)5-8(14)13(2)10(12)15/h5,9,11H,6H2,1-4H3. The van der Waals surface area contributed by atoms with Crippen LogP contribution in [0.15, 0.2) is 15.7 Å². The van der Waals surface area contributed by atoms with Crippen LogP contribution in [-0.4, -0.2) is 36.2 Å². The summed E-state index contributed by atoms with van der Waals surface area (Å²) in [5, 5.41) is 2.92. The van der Waals surface area contributed by atoms with Crippen LogP contribution in [0.2, 0.25) is 0 Å². The maximum absolute atomic E-state index is 11.6. The largest absolute Gasteiger partial charge is 0.366 e. The number of nitrogens with zero attached hydrogens (tertiary/aromatic N) is 2. The fourth-order valence-electron chi connectivity index (χ4n) is 1.35. The van der Waals surface area contributed by atoms with E-state index in [2.05, 4.69) is 5.32 Å². The molecule has 0 bridgehead atoms. The first kappa shape index (κ1) is 13.5. The van der Waals surface area contributed by atoms with E-state index in [1.165, 1.54) is 31.9 Å². The molecule has 0 aliphatic rings. The molecule has 7 nitrogen and oxygen atoms in total. The Kier molecular flexibility index (Phi) is 4.47. The molecule has 0 saturated carbocycles. The van der Waals surface area contributed by atoms with Gasteiger partial charge < -0.3 is 14.8 Å². The van der Waals surface area contributed by atoms with Crippen molar-refractivity contribution in [1.29, 1.82) is 0 Å². The molecule has 0 aromatic carbocycles. The zero-order chi connectivity index (χ0) is 13.0. The summed E-state index contributed by atoms with van der Waals surface area (Å²) in [7, 11) is 6.04. The Bertz CT molecular complexity index is 487. The highest BCUT2D eigenvalue weighted by atomic mass is 16.7. The van der Waals surface area contributed by atoms with E-state index in [1.807, 2.05) is 0 Å². The summed E-state index contributed by atoms with van der Waals surface area (Å²) < 4.78 is 12.4. The van der Waals surface area contributed by atoms with Crippen molar-refractivity contribution in [2.75, 3.05) is 26.1 Å². The number of hydrogen-bond acceptors (Lipinski definition) is 5. The summed E-state index contributed by atoms with van der Waals surface area (Å²) in [6, 6.07) is 1.35. The average molecular weight is 243 g/mol. The van der Waals surface area contributed by atoms with Gasteiger partial charge >= 0.3 is 5.69 Å². The second-order valence-electron chi connectivity index (χ2n) is 3.55. The van der Waals surface area contributed by atoms with Crippen LogP contribution in [0.3, 0.4) is 0 Å². The van der Waals surface area contributed by atoms with Gasteiger partial charge in [0.2, 0.25) is 0 Å². The molecule has 0 unspecified atom stereocenters. The molecule has 0 aliphatic heterocycles. The third-order valence-electron chi connectivity index (χ3n) is 2.50. The molecule has 1 aromatic heterocycles. The molecular formula is C10H17N3O4. The average Bonchev–Trinajstić information content (AvgIpc) is 2.33. The van der Waals surface area contributed by atoms with E-state index in [0.717, 1.165) is 4.57 Å². The van der Waals surface area contributed by atoms with E-state index in [4.69, 9.17) is 9.47 Å². The SMILES string of the molecule is COC(CNc1cc(=O)n(C)c(=O)n1C)OC. The van der Waals surface area contributed by atoms with Gasteiger partial charge in [0.05, 0.1) is 6.54 Å². The minimum atomic E-state index is -0.436. The Balaban J connectivity index is 2.93. The molecular weight excluding hydrogens is 226 g/mol. The molecule has 1 heterocycles. The molecule has 0 aliphatic carbocycles. The molecule has 0 saturated heterocycles. The maximum atomic E-state index is 11.6. The van der Waals surface area contributed by atoms with Crippen molar-refractivity contribution in [3.05, 3.63) is 26.9 Å². The van der Waals surface area contributed by atoms with Crippen LogP contribution in [0.5, 0.6) is 0 Å². The summed E-state index contributed by atoms with van der Waals surface area (Å²) in [5.74, 6) is 0.428. The van der Waals surface area contributed by atoms with Gasteiger partial charge in [0.1, 0.15) is 5.82 Å². The van der Waals surface area contributed by atoms with Gasteiger partial charge in [-0.05, 0) is 0 Å². The summed E-state index contributed by atoms with van der Waals surface area (Å²) >= 11 is 0. The zero-order valence-corrected chi connectivity index (χ0v) is 10.4. The van der Waals surface area contributed by atoms with Gasteiger partial charge in [0, 0.05) is 34.4 Å². The van der Waals surface area contributed by atoms with E-state index in [0.29, 0.717) is 12.4 Å². The van der Waals surface area contributed by atoms with E-state index in [1.54, 1.807) is 7.05 Å². The highest BCUT2D eigenvalue weighted by molar-refractivity contribution is 5.33. The minimum absolute atomic E-state index is 0.341. The van der Waals surface area contributed by atoms with Gasteiger partial charge in [0.15, 0.2) is 6.29 Å². The van der Waals surface area contributed by atoms with Crippen LogP contribution in [0, 0.1) is 0 Å². The molecule has 0 amide bonds. The summed E-state index contributed by atoms with van der Waals surface area (Å²) in [6.07, 6.45) is -0.436. The van der Waals surface area contributed by atoms with Crippen LogP contribution in [0.25, 0.3) is 0 Å². The second-order valence-corrected chi connectivity index (χ2v) is 3.55. The Morgan fingerprint density at radius 1 is 1.24 bits per heavy atom. The molecule has 1 rings (SSSR count). The number of ether oxygens (including phenoxy) is 2. The molecule has 1 aromatic rings. The maximum Gasteiger partial charge on any atom is 0.332 e. The first-order valence-electron chi connectivity index (χ1n) is 5.07. The van der Waals surface area contributed by atoms with E-state index in [9.17, 15) is 9.59 Å². The number of rotatable bonds is 5. The van der Waals surface area contributed by atoms with Gasteiger partial charge in [-0.2, -0.15) is 0 Å². The summed E-state index contributed by atoms with van der Waals surface area (Å²) in [5.41, 5.74) is -0.742. The van der Waals surface area contributed by atoms with Crippen molar-refractivity contribution in [2.45, 2.75) is 6.29 Å². The van der Waals surface area contributed by atoms with E-state index in [-0.39, 0.29) is 11.2 Å². The predicted molar refractivity (Wildman–Crippen MR) is 63.2 cm³/mol. The van der Waals surface area contributed by atoms with Crippen LogP contribution in [0.1, 0.15) is 0 Å². The normalized spacial score (nSPS) is 10.9. The van der Waals surface area contributed by atoms with Crippen molar-refractivity contribution in [3.8, 4) is 0 Å². The smallest absolute Gasteiger partial charge is 0.332 e. The van der Waals surface area contributed by atoms with Crippen molar-refractivity contribution < 1.29 is 9.47 Å². The topological polar surface area (TPSA) is 74.5 Å². The lowest BCUT2D eigenvalue weighted by Gasteiger charge is -2.16. The first-order valence-corrected chi connectivity index (χ1v) is 5.07. The molecule has 1 N–H and O–H groups in total. The fourth-order valence-corrected chi connectivity index (χ4v) is 1.35. The second kappa shape index (κ2) is 5.65. The molecule has 0 spiro atoms. The third kappa shape index (κ3) is 2.95. The highest BCUT2D eigenvalue weighted by Crippen LogP contribution is 2.00. The minimum Gasteiger partial charge on any atom is -0.366 e. The Hall–Kier alpha value is -1.60. The van der Waals surface area contributed by atoms with Crippen molar-refractivity contribution >= 4 is 5.82 Å². The van der Waals surface area contributed by atoms with Gasteiger partial charge in [-0.3, -0.25) is 13.9 Å². The van der Waals surface area contributed by atoms with E-state index < -0.39 is 6.29 Å². The Morgan fingerprint density at radius 2 is 1.82 bits per heavy atom. The lowest BCUT2D eigenvalue weighted by molar-refractivity contribution is -0.0914. The number of methoxy groups -OCH3 is 2. The number of aromatic nitrogens is 2. The monoisotopic (exact) mass is 243 g/mol. The van der Waals surface area contributed by atoms with Crippen LogP contribution >= 0.6 is 0 Å². The first-order chi connectivity index (χ1) is 8.01. The van der Waals surface area contributed by atoms with Crippen molar-refractivity contribution in [1.82, 2.24) is 9.13 Å². The fraction of sp³-hybridized carbons (Fsp3) is 0.600. The Morgan fingerprint density at radius 3 is 2.35 bits per heavy atom. The van der Waals surface area contributed by atoms with Crippen LogP contribution < -0.4 is 16.6 Å². The molecule has 0 atom stereocenters. The van der Waals surface area contributed by atoms with Crippen molar-refractivity contribution in [3.63, 3.8) is 0 Å². The van der Waals surface area contributed by atoms with Gasteiger partial charge in [-0.1, -0.05) is 0 Å². The number of anilines is 1. The van der Waals surface area contributed by atoms with Crippen LogP contribution in [0.4, 0.5) is 5.82 Å². The quantitative estimate of drug-likeness (QED) is 0.679. The van der Waals surface area contributed by atoms with E-state index >= 15 is 0 Å². The molecule has 7 heteroatoms. The molecule has 0 radical (unpaired) electrons.